The summed E-state index contributed by atoms with van der Waals surface area (Å²) in [6.45, 7) is 0.726. The first-order valence-electron chi connectivity index (χ1n) is 10.1. The van der Waals surface area contributed by atoms with Gasteiger partial charge in [-0.3, -0.25) is 14.5 Å². The van der Waals surface area contributed by atoms with Crippen LogP contribution in [0, 0.1) is 0 Å². The normalized spacial score (nSPS) is 17.9. The molecule has 2 heterocycles. The van der Waals surface area contributed by atoms with Gasteiger partial charge in [0.05, 0.1) is 1.37 Å². The Labute approximate surface area is 192 Å². The van der Waals surface area contributed by atoms with Crippen LogP contribution in [0.15, 0.2) is 43.0 Å². The molecular weight excluding hydrogens is 472 g/mol. The molecule has 2 aromatic rings. The molecule has 1 saturated heterocycles. The third kappa shape index (κ3) is 6.75. The van der Waals surface area contributed by atoms with E-state index in [0.717, 1.165) is 43.0 Å². The molecule has 0 saturated carbocycles. The van der Waals surface area contributed by atoms with Crippen LogP contribution in [0.25, 0.3) is 0 Å². The van der Waals surface area contributed by atoms with Crippen LogP contribution in [-0.4, -0.2) is 53.0 Å². The van der Waals surface area contributed by atoms with Crippen LogP contribution in [0.3, 0.4) is 0 Å². The lowest BCUT2D eigenvalue weighted by Gasteiger charge is -2.33. The van der Waals surface area contributed by atoms with Crippen molar-refractivity contribution in [3.8, 4) is 5.75 Å². The summed E-state index contributed by atoms with van der Waals surface area (Å²) < 4.78 is 69.7. The second-order valence-corrected chi connectivity index (χ2v) is 7.24. The molecule has 0 radical (unpaired) electrons. The van der Waals surface area contributed by atoms with E-state index in [-0.39, 0.29) is 11.3 Å². The SMILES string of the molecule is [2H][C@@](C(=O)NC1CCOCC1)(c1cncnc1)N(C(=O)[C@H](F)Cl)c1ccc(OC(F)(F)F)cc1. The number of ether oxygens (including phenoxy) is 2. The molecule has 0 unspecified atom stereocenters. The quantitative estimate of drug-likeness (QED) is 0.472. The first-order valence-corrected chi connectivity index (χ1v) is 10.1. The number of hydrogen-bond donors (Lipinski definition) is 1. The average Bonchev–Trinajstić information content (AvgIpc) is 2.80. The monoisotopic (exact) mass is 491 g/mol. The molecule has 3 rings (SSSR count). The molecular formula is C20H19ClF4N4O4. The number of carbonyl (C=O) groups excluding carboxylic acids is 2. The van der Waals surface area contributed by atoms with E-state index in [0.29, 0.717) is 31.0 Å². The number of hydrogen-bond acceptors (Lipinski definition) is 6. The average molecular weight is 492 g/mol. The van der Waals surface area contributed by atoms with E-state index in [2.05, 4.69) is 20.0 Å². The van der Waals surface area contributed by atoms with Crippen LogP contribution in [0.1, 0.15) is 25.8 Å². The molecule has 1 aliphatic rings. The maximum Gasteiger partial charge on any atom is 0.573 e. The van der Waals surface area contributed by atoms with E-state index in [1.165, 1.54) is 0 Å². The Balaban J connectivity index is 2.07. The minimum atomic E-state index is -4.97. The number of carbonyl (C=O) groups is 2. The Morgan fingerprint density at radius 3 is 2.36 bits per heavy atom. The molecule has 0 aliphatic carbocycles. The van der Waals surface area contributed by atoms with Gasteiger partial charge >= 0.3 is 6.36 Å². The molecule has 2 amide bonds. The standard InChI is InChI=1S/C20H19ClF4N4O4/c21-17(22)19(31)29(14-1-3-15(4-2-14)33-20(23,24)25)16(12-9-26-11-27-10-12)18(30)28-13-5-7-32-8-6-13/h1-4,9-11,13,16-17H,5-8H2,(H,28,30)/t16-,17-/m0/s1/i16D. The molecule has 1 N–H and O–H groups in total. The number of alkyl halides is 5. The van der Waals surface area contributed by atoms with Crippen LogP contribution in [0.2, 0.25) is 0 Å². The van der Waals surface area contributed by atoms with Gasteiger partial charge in [0.1, 0.15) is 18.1 Å². The van der Waals surface area contributed by atoms with Crippen molar-refractivity contribution < 1.29 is 38.0 Å². The summed E-state index contributed by atoms with van der Waals surface area (Å²) >= 11 is 5.39. The van der Waals surface area contributed by atoms with Crippen LogP contribution in [0.4, 0.5) is 23.2 Å². The lowest BCUT2D eigenvalue weighted by molar-refractivity contribution is -0.274. The summed E-state index contributed by atoms with van der Waals surface area (Å²) in [5.41, 5.74) is -3.17. The smallest absolute Gasteiger partial charge is 0.406 e. The Morgan fingerprint density at radius 1 is 1.21 bits per heavy atom. The summed E-state index contributed by atoms with van der Waals surface area (Å²) in [7, 11) is 0. The summed E-state index contributed by atoms with van der Waals surface area (Å²) in [6, 6.07) is 0.570. The molecule has 178 valence electrons. The fourth-order valence-corrected chi connectivity index (χ4v) is 3.24. The molecule has 0 bridgehead atoms. The number of rotatable bonds is 7. The molecule has 33 heavy (non-hydrogen) atoms. The largest absolute Gasteiger partial charge is 0.573 e. The summed E-state index contributed by atoms with van der Waals surface area (Å²) in [5, 5.41) is 2.65. The van der Waals surface area contributed by atoms with Crippen molar-refractivity contribution in [1.29, 1.82) is 0 Å². The predicted molar refractivity (Wildman–Crippen MR) is 108 cm³/mol. The van der Waals surface area contributed by atoms with Crippen molar-refractivity contribution in [3.05, 3.63) is 48.5 Å². The summed E-state index contributed by atoms with van der Waals surface area (Å²) in [6.07, 6.45) is -0.799. The zero-order valence-electron chi connectivity index (χ0n) is 17.9. The van der Waals surface area contributed by atoms with E-state index in [9.17, 15) is 27.2 Å². The molecule has 13 heteroatoms. The molecule has 0 spiro atoms. The highest BCUT2D eigenvalue weighted by Gasteiger charge is 2.37. The number of anilines is 1. The number of nitrogens with zero attached hydrogens (tertiary/aromatic N) is 3. The zero-order valence-corrected chi connectivity index (χ0v) is 17.6. The topological polar surface area (TPSA) is 93.6 Å². The fourth-order valence-electron chi connectivity index (χ4n) is 3.14. The van der Waals surface area contributed by atoms with Crippen molar-refractivity contribution in [3.63, 3.8) is 0 Å². The highest BCUT2D eigenvalue weighted by molar-refractivity contribution is 6.32. The molecule has 1 aliphatic heterocycles. The van der Waals surface area contributed by atoms with Gasteiger partial charge in [-0.05, 0) is 37.1 Å². The van der Waals surface area contributed by atoms with E-state index in [1.807, 2.05) is 0 Å². The van der Waals surface area contributed by atoms with E-state index < -0.39 is 41.6 Å². The van der Waals surface area contributed by atoms with Gasteiger partial charge in [0, 0.05) is 42.9 Å². The van der Waals surface area contributed by atoms with Gasteiger partial charge in [0.2, 0.25) is 5.91 Å². The molecule has 2 atom stereocenters. The number of amides is 2. The van der Waals surface area contributed by atoms with Gasteiger partial charge < -0.3 is 14.8 Å². The maximum absolute atomic E-state index is 14.0. The third-order valence-electron chi connectivity index (χ3n) is 4.56. The highest BCUT2D eigenvalue weighted by atomic mass is 35.5. The number of nitrogens with one attached hydrogen (secondary N) is 1. The van der Waals surface area contributed by atoms with E-state index in [1.54, 1.807) is 0 Å². The predicted octanol–water partition coefficient (Wildman–Crippen LogP) is 3.28. The second kappa shape index (κ2) is 10.8. The van der Waals surface area contributed by atoms with Gasteiger partial charge in [0.15, 0.2) is 0 Å². The van der Waals surface area contributed by atoms with Crippen LogP contribution >= 0.6 is 11.6 Å². The number of halogens is 5. The Hall–Kier alpha value is -2.99. The van der Waals surface area contributed by atoms with Gasteiger partial charge in [-0.1, -0.05) is 11.6 Å². The third-order valence-corrected chi connectivity index (χ3v) is 4.75. The lowest BCUT2D eigenvalue weighted by Crippen LogP contribution is -2.49. The van der Waals surface area contributed by atoms with Gasteiger partial charge in [-0.15, -0.1) is 13.2 Å². The maximum atomic E-state index is 14.0. The van der Waals surface area contributed by atoms with Crippen LogP contribution in [0.5, 0.6) is 5.75 Å². The Morgan fingerprint density at radius 2 is 1.82 bits per heavy atom. The lowest BCUT2D eigenvalue weighted by atomic mass is 10.0. The van der Waals surface area contributed by atoms with E-state index in [4.69, 9.17) is 17.7 Å². The molecule has 8 nitrogen and oxygen atoms in total. The number of benzene rings is 1. The van der Waals surface area contributed by atoms with Gasteiger partial charge in [0.25, 0.3) is 11.5 Å². The molecule has 1 aromatic heterocycles. The highest BCUT2D eigenvalue weighted by Crippen LogP contribution is 2.32. The van der Waals surface area contributed by atoms with Crippen molar-refractivity contribution in [2.45, 2.75) is 36.9 Å². The zero-order chi connectivity index (χ0) is 24.9. The minimum absolute atomic E-state index is 0.208. The van der Waals surface area contributed by atoms with E-state index >= 15 is 0 Å². The fraction of sp³-hybridized carbons (Fsp3) is 0.400. The van der Waals surface area contributed by atoms with Gasteiger partial charge in [-0.2, -0.15) is 0 Å². The first kappa shape index (κ1) is 23.2. The molecule has 1 fully saturated rings. The van der Waals surface area contributed by atoms with Crippen LogP contribution < -0.4 is 15.0 Å². The van der Waals surface area contributed by atoms with Crippen molar-refractivity contribution in [2.24, 2.45) is 0 Å². The minimum Gasteiger partial charge on any atom is -0.406 e. The Bertz CT molecular complexity index is 994. The summed E-state index contributed by atoms with van der Waals surface area (Å²) in [4.78, 5) is 34.2. The van der Waals surface area contributed by atoms with Crippen molar-refractivity contribution >= 4 is 29.1 Å². The number of aromatic nitrogens is 2. The Kier molecular flexibility index (Phi) is 7.55. The van der Waals surface area contributed by atoms with Crippen molar-refractivity contribution in [1.82, 2.24) is 15.3 Å². The summed E-state index contributed by atoms with van der Waals surface area (Å²) in [5.74, 6) is -3.14. The van der Waals surface area contributed by atoms with Crippen molar-refractivity contribution in [2.75, 3.05) is 18.1 Å². The molecule has 1 aromatic carbocycles. The van der Waals surface area contributed by atoms with Gasteiger partial charge in [-0.25, -0.2) is 14.4 Å². The van der Waals surface area contributed by atoms with Crippen LogP contribution in [-0.2, 0) is 14.3 Å². The second-order valence-electron chi connectivity index (χ2n) is 6.85. The first-order chi connectivity index (χ1) is 16.0.